The number of pyridine rings is 1. The molecular weight excluding hydrogens is 300 g/mol. The highest BCUT2D eigenvalue weighted by Gasteiger charge is 2.18. The monoisotopic (exact) mass is 308 g/mol. The van der Waals surface area contributed by atoms with Crippen LogP contribution in [0.1, 0.15) is 5.56 Å². The number of halogens is 1. The van der Waals surface area contributed by atoms with Crippen molar-refractivity contribution >= 4 is 21.6 Å². The second-order valence-electron chi connectivity index (χ2n) is 3.50. The van der Waals surface area contributed by atoms with E-state index in [1.165, 1.54) is 12.4 Å². The van der Waals surface area contributed by atoms with Gasteiger partial charge in [-0.05, 0) is 21.5 Å². The highest BCUT2D eigenvalue weighted by atomic mass is 79.9. The van der Waals surface area contributed by atoms with Gasteiger partial charge in [0.05, 0.1) is 9.40 Å². The Morgan fingerprint density at radius 2 is 2.00 bits per heavy atom. The summed E-state index contributed by atoms with van der Waals surface area (Å²) in [6, 6.07) is 9.44. The fourth-order valence-electron chi connectivity index (χ4n) is 1.42. The fraction of sp³-hybridized carbons (Fsp3) is 0.0833. The molecule has 0 aliphatic heterocycles. The van der Waals surface area contributed by atoms with Crippen molar-refractivity contribution in [2.45, 2.75) is 6.61 Å². The Morgan fingerprint density at radius 3 is 2.67 bits per heavy atom. The molecule has 0 saturated heterocycles. The van der Waals surface area contributed by atoms with Crippen molar-refractivity contribution in [3.63, 3.8) is 0 Å². The van der Waals surface area contributed by atoms with Crippen LogP contribution in [0.15, 0.2) is 47.2 Å². The van der Waals surface area contributed by atoms with Crippen molar-refractivity contribution < 1.29 is 9.66 Å². The first-order valence-corrected chi connectivity index (χ1v) is 5.92. The second kappa shape index (κ2) is 5.59. The van der Waals surface area contributed by atoms with Crippen molar-refractivity contribution in [1.29, 1.82) is 0 Å². The molecule has 5 nitrogen and oxygen atoms in total. The molecular formula is C12H9BrN2O3. The lowest BCUT2D eigenvalue weighted by atomic mass is 10.2. The van der Waals surface area contributed by atoms with E-state index in [1.807, 2.05) is 30.3 Å². The molecule has 0 aliphatic rings. The molecule has 92 valence electrons. The molecule has 0 unspecified atom stereocenters. The standard InChI is InChI=1S/C12H9BrN2O3/c13-10-6-14-7-11(15(16)17)12(10)18-8-9-4-2-1-3-5-9/h1-7H,8H2. The predicted octanol–water partition coefficient (Wildman–Crippen LogP) is 3.33. The number of benzene rings is 1. The SMILES string of the molecule is O=[N+]([O-])c1cncc(Br)c1OCc1ccccc1. The Labute approximate surface area is 112 Å². The maximum atomic E-state index is 10.9. The van der Waals surface area contributed by atoms with Crippen molar-refractivity contribution in [1.82, 2.24) is 4.98 Å². The summed E-state index contributed by atoms with van der Waals surface area (Å²) in [6.07, 6.45) is 2.64. The van der Waals surface area contributed by atoms with E-state index in [4.69, 9.17) is 4.74 Å². The maximum absolute atomic E-state index is 10.9. The summed E-state index contributed by atoms with van der Waals surface area (Å²) in [5.74, 6) is 0.193. The summed E-state index contributed by atoms with van der Waals surface area (Å²) in [4.78, 5) is 14.1. The topological polar surface area (TPSA) is 65.3 Å². The molecule has 2 rings (SSSR count). The first kappa shape index (κ1) is 12.5. The average Bonchev–Trinajstić information content (AvgIpc) is 2.38. The molecule has 0 saturated carbocycles. The van der Waals surface area contributed by atoms with E-state index in [-0.39, 0.29) is 18.0 Å². The van der Waals surface area contributed by atoms with E-state index >= 15 is 0 Å². The third kappa shape index (κ3) is 2.84. The molecule has 0 N–H and O–H groups in total. The van der Waals surface area contributed by atoms with Gasteiger partial charge >= 0.3 is 5.69 Å². The van der Waals surface area contributed by atoms with Crippen LogP contribution < -0.4 is 4.74 Å². The fourth-order valence-corrected chi connectivity index (χ4v) is 1.85. The minimum atomic E-state index is -0.516. The first-order valence-electron chi connectivity index (χ1n) is 5.13. The summed E-state index contributed by atoms with van der Waals surface area (Å²) >= 11 is 3.20. The molecule has 0 radical (unpaired) electrons. The Kier molecular flexibility index (Phi) is 3.88. The van der Waals surface area contributed by atoms with Crippen LogP contribution in [0.2, 0.25) is 0 Å². The third-order valence-corrected chi connectivity index (χ3v) is 2.82. The molecule has 1 heterocycles. The van der Waals surface area contributed by atoms with Crippen LogP contribution in [-0.4, -0.2) is 9.91 Å². The number of aromatic nitrogens is 1. The van der Waals surface area contributed by atoms with Crippen LogP contribution in [0.4, 0.5) is 5.69 Å². The lowest BCUT2D eigenvalue weighted by Gasteiger charge is -2.07. The van der Waals surface area contributed by atoms with Crippen molar-refractivity contribution in [3.05, 3.63) is 62.9 Å². The number of hydrogen-bond donors (Lipinski definition) is 0. The zero-order valence-electron chi connectivity index (χ0n) is 9.25. The molecule has 6 heteroatoms. The van der Waals surface area contributed by atoms with Gasteiger partial charge in [-0.3, -0.25) is 15.1 Å². The van der Waals surface area contributed by atoms with Crippen LogP contribution in [-0.2, 0) is 6.61 Å². The van der Waals surface area contributed by atoms with Gasteiger partial charge < -0.3 is 4.74 Å². The van der Waals surface area contributed by atoms with E-state index in [2.05, 4.69) is 20.9 Å². The summed E-state index contributed by atoms with van der Waals surface area (Å²) < 4.78 is 5.95. The quantitative estimate of drug-likeness (QED) is 0.642. The van der Waals surface area contributed by atoms with Crippen LogP contribution in [0.3, 0.4) is 0 Å². The molecule has 0 bridgehead atoms. The Balaban J connectivity index is 2.21. The molecule has 0 aliphatic carbocycles. The van der Waals surface area contributed by atoms with E-state index < -0.39 is 4.92 Å². The normalized spacial score (nSPS) is 10.1. The van der Waals surface area contributed by atoms with E-state index in [0.29, 0.717) is 4.47 Å². The van der Waals surface area contributed by atoms with Crippen molar-refractivity contribution in [2.24, 2.45) is 0 Å². The van der Waals surface area contributed by atoms with Gasteiger partial charge in [0.1, 0.15) is 12.8 Å². The molecule has 18 heavy (non-hydrogen) atoms. The van der Waals surface area contributed by atoms with E-state index in [0.717, 1.165) is 5.56 Å². The van der Waals surface area contributed by atoms with E-state index in [1.54, 1.807) is 0 Å². The van der Waals surface area contributed by atoms with Gasteiger partial charge in [0.2, 0.25) is 5.75 Å². The third-order valence-electron chi connectivity index (χ3n) is 2.26. The summed E-state index contributed by atoms with van der Waals surface area (Å²) in [6.45, 7) is 0.268. The zero-order chi connectivity index (χ0) is 13.0. The highest BCUT2D eigenvalue weighted by molar-refractivity contribution is 9.10. The van der Waals surface area contributed by atoms with Gasteiger partial charge in [-0.2, -0.15) is 0 Å². The smallest absolute Gasteiger partial charge is 0.330 e. The lowest BCUT2D eigenvalue weighted by molar-refractivity contribution is -0.386. The second-order valence-corrected chi connectivity index (χ2v) is 4.36. The molecule has 0 spiro atoms. The average molecular weight is 309 g/mol. The molecule has 0 amide bonds. The number of ether oxygens (including phenoxy) is 1. The Hall–Kier alpha value is -1.95. The molecule has 1 aromatic heterocycles. The van der Waals surface area contributed by atoms with Gasteiger partial charge in [-0.1, -0.05) is 30.3 Å². The molecule has 1 aromatic carbocycles. The van der Waals surface area contributed by atoms with Crippen molar-refractivity contribution in [3.8, 4) is 5.75 Å². The van der Waals surface area contributed by atoms with Crippen LogP contribution >= 0.6 is 15.9 Å². The minimum Gasteiger partial charge on any atom is -0.481 e. The van der Waals surface area contributed by atoms with Gasteiger partial charge in [0.25, 0.3) is 0 Å². The number of nitro groups is 1. The zero-order valence-corrected chi connectivity index (χ0v) is 10.8. The summed E-state index contributed by atoms with van der Waals surface area (Å²) in [5, 5.41) is 10.9. The molecule has 2 aromatic rings. The van der Waals surface area contributed by atoms with Gasteiger partial charge in [-0.15, -0.1) is 0 Å². The minimum absolute atomic E-state index is 0.152. The maximum Gasteiger partial charge on any atom is 0.330 e. The molecule has 0 fully saturated rings. The Morgan fingerprint density at radius 1 is 1.28 bits per heavy atom. The largest absolute Gasteiger partial charge is 0.481 e. The van der Waals surface area contributed by atoms with Gasteiger partial charge in [0.15, 0.2) is 0 Å². The van der Waals surface area contributed by atoms with E-state index in [9.17, 15) is 10.1 Å². The van der Waals surface area contributed by atoms with Crippen LogP contribution in [0.5, 0.6) is 5.75 Å². The highest BCUT2D eigenvalue weighted by Crippen LogP contribution is 2.34. The number of rotatable bonds is 4. The molecule has 0 atom stereocenters. The number of hydrogen-bond acceptors (Lipinski definition) is 4. The van der Waals surface area contributed by atoms with Gasteiger partial charge in [-0.25, -0.2) is 0 Å². The van der Waals surface area contributed by atoms with Crippen molar-refractivity contribution in [2.75, 3.05) is 0 Å². The predicted molar refractivity (Wildman–Crippen MR) is 69.4 cm³/mol. The lowest BCUT2D eigenvalue weighted by Crippen LogP contribution is -2.00. The summed E-state index contributed by atoms with van der Waals surface area (Å²) in [7, 11) is 0. The van der Waals surface area contributed by atoms with Crippen LogP contribution in [0.25, 0.3) is 0 Å². The van der Waals surface area contributed by atoms with Crippen LogP contribution in [0, 0.1) is 10.1 Å². The Bertz CT molecular complexity index is 561. The summed E-state index contributed by atoms with van der Waals surface area (Å²) in [5.41, 5.74) is 0.788. The van der Waals surface area contributed by atoms with Gasteiger partial charge in [0, 0.05) is 6.20 Å². The number of nitrogens with zero attached hydrogens (tertiary/aromatic N) is 2. The first-order chi connectivity index (χ1) is 8.68.